The van der Waals surface area contributed by atoms with Crippen LogP contribution in [0.4, 0.5) is 0 Å². The first-order chi connectivity index (χ1) is 9.90. The summed E-state index contributed by atoms with van der Waals surface area (Å²) in [4.78, 5) is 6.23. The number of hydrogen-bond acceptors (Lipinski definition) is 4. The van der Waals surface area contributed by atoms with Crippen LogP contribution >= 0.6 is 11.3 Å². The number of nitrogens with two attached hydrogens (primary N) is 1. The highest BCUT2D eigenvalue weighted by atomic mass is 32.1. The van der Waals surface area contributed by atoms with Gasteiger partial charge in [0.1, 0.15) is 10.8 Å². The molecule has 1 heterocycles. The van der Waals surface area contributed by atoms with Gasteiger partial charge in [0.05, 0.1) is 18.8 Å². The second-order valence-electron chi connectivity index (χ2n) is 6.69. The molecule has 0 aliphatic heterocycles. The smallest absolute Gasteiger partial charge is 0.119 e. The number of benzene rings is 1. The molecule has 3 nitrogen and oxygen atoms in total. The van der Waals surface area contributed by atoms with Crippen molar-refractivity contribution in [2.45, 2.75) is 39.7 Å². The highest BCUT2D eigenvalue weighted by Crippen LogP contribution is 2.41. The highest BCUT2D eigenvalue weighted by Gasteiger charge is 2.28. The normalized spacial score (nSPS) is 15.3. The molecule has 112 valence electrons. The third-order valence-corrected chi connectivity index (χ3v) is 5.30. The topological polar surface area (TPSA) is 48.1 Å². The molecule has 1 aromatic carbocycles. The molecule has 0 amide bonds. The van der Waals surface area contributed by atoms with Crippen molar-refractivity contribution in [3.8, 4) is 17.0 Å². The van der Waals surface area contributed by atoms with E-state index in [1.165, 1.54) is 16.0 Å². The molecule has 21 heavy (non-hydrogen) atoms. The molecule has 0 bridgehead atoms. The summed E-state index contributed by atoms with van der Waals surface area (Å²) in [5.74, 6) is 0.916. The zero-order valence-corrected chi connectivity index (χ0v) is 13.9. The molecule has 1 aliphatic rings. The van der Waals surface area contributed by atoms with Crippen molar-refractivity contribution in [3.63, 3.8) is 0 Å². The first-order valence-corrected chi connectivity index (χ1v) is 8.14. The van der Waals surface area contributed by atoms with Crippen LogP contribution in [-0.2, 0) is 12.8 Å². The second-order valence-corrected chi connectivity index (χ2v) is 7.81. The summed E-state index contributed by atoms with van der Waals surface area (Å²) >= 11 is 1.78. The maximum absolute atomic E-state index is 6.38. The lowest BCUT2D eigenvalue weighted by atomic mass is 9.88. The SMILES string of the molecule is COc1ccc2c(c1)CCc1sc(C(N)C(C)(C)C)nc1-2. The van der Waals surface area contributed by atoms with Gasteiger partial charge in [-0.05, 0) is 42.0 Å². The number of rotatable bonds is 2. The largest absolute Gasteiger partial charge is 0.497 e. The second kappa shape index (κ2) is 5.11. The fourth-order valence-corrected chi connectivity index (χ4v) is 3.96. The van der Waals surface area contributed by atoms with Crippen molar-refractivity contribution in [1.82, 2.24) is 4.98 Å². The van der Waals surface area contributed by atoms with Gasteiger partial charge in [-0.25, -0.2) is 4.98 Å². The van der Waals surface area contributed by atoms with E-state index >= 15 is 0 Å². The van der Waals surface area contributed by atoms with E-state index in [1.54, 1.807) is 18.4 Å². The van der Waals surface area contributed by atoms with Crippen molar-refractivity contribution >= 4 is 11.3 Å². The number of aryl methyl sites for hydroxylation is 2. The third-order valence-electron chi connectivity index (χ3n) is 4.10. The van der Waals surface area contributed by atoms with Crippen molar-refractivity contribution in [2.75, 3.05) is 7.11 Å². The number of thiazole rings is 1. The molecule has 1 unspecified atom stereocenters. The molecule has 1 aromatic heterocycles. The summed E-state index contributed by atoms with van der Waals surface area (Å²) in [6, 6.07) is 6.24. The average Bonchev–Trinajstić information content (AvgIpc) is 2.88. The van der Waals surface area contributed by atoms with Crippen LogP contribution in [-0.4, -0.2) is 12.1 Å². The first kappa shape index (κ1) is 14.5. The van der Waals surface area contributed by atoms with Gasteiger partial charge in [0.2, 0.25) is 0 Å². The van der Waals surface area contributed by atoms with Gasteiger partial charge in [0.25, 0.3) is 0 Å². The van der Waals surface area contributed by atoms with Crippen LogP contribution in [0.2, 0.25) is 0 Å². The Balaban J connectivity index is 2.03. The Hall–Kier alpha value is -1.39. The molecule has 2 N–H and O–H groups in total. The molecule has 1 atom stereocenters. The predicted octanol–water partition coefficient (Wildman–Crippen LogP) is 3.96. The monoisotopic (exact) mass is 302 g/mol. The summed E-state index contributed by atoms with van der Waals surface area (Å²) in [5.41, 5.74) is 10.1. The van der Waals surface area contributed by atoms with Gasteiger partial charge in [0.15, 0.2) is 0 Å². The van der Waals surface area contributed by atoms with E-state index in [1.807, 2.05) is 6.07 Å². The summed E-state index contributed by atoms with van der Waals surface area (Å²) in [5, 5.41) is 1.05. The number of hydrogen-bond donors (Lipinski definition) is 1. The lowest BCUT2D eigenvalue weighted by Gasteiger charge is -2.24. The van der Waals surface area contributed by atoms with Gasteiger partial charge in [-0.15, -0.1) is 11.3 Å². The van der Waals surface area contributed by atoms with Crippen LogP contribution in [0.5, 0.6) is 5.75 Å². The van der Waals surface area contributed by atoms with Crippen molar-refractivity contribution in [2.24, 2.45) is 11.1 Å². The van der Waals surface area contributed by atoms with E-state index in [-0.39, 0.29) is 11.5 Å². The molecule has 0 fully saturated rings. The molecule has 3 rings (SSSR count). The fraction of sp³-hybridized carbons (Fsp3) is 0.471. The Morgan fingerprint density at radius 3 is 2.71 bits per heavy atom. The van der Waals surface area contributed by atoms with Gasteiger partial charge in [-0.1, -0.05) is 20.8 Å². The highest BCUT2D eigenvalue weighted by molar-refractivity contribution is 7.12. The van der Waals surface area contributed by atoms with Crippen molar-refractivity contribution in [1.29, 1.82) is 0 Å². The van der Waals surface area contributed by atoms with Crippen molar-refractivity contribution < 1.29 is 4.74 Å². The average molecular weight is 302 g/mol. The molecule has 0 saturated carbocycles. The minimum absolute atomic E-state index is 0.0187. The fourth-order valence-electron chi connectivity index (χ4n) is 2.64. The molecule has 0 spiro atoms. The predicted molar refractivity (Wildman–Crippen MR) is 87.9 cm³/mol. The maximum Gasteiger partial charge on any atom is 0.119 e. The standard InChI is InChI=1S/C17H22N2OS/c1-17(2,3)15(18)16-19-14-12-7-6-11(20-4)9-10(12)5-8-13(14)21-16/h6-7,9,15H,5,8,18H2,1-4H3. The molecule has 1 aliphatic carbocycles. The number of nitrogens with zero attached hydrogens (tertiary/aromatic N) is 1. The van der Waals surface area contributed by atoms with Crippen LogP contribution in [0.3, 0.4) is 0 Å². The minimum atomic E-state index is -0.0187. The third kappa shape index (κ3) is 2.58. The molecular formula is C17H22N2OS. The van der Waals surface area contributed by atoms with E-state index < -0.39 is 0 Å². The zero-order chi connectivity index (χ0) is 15.2. The van der Waals surface area contributed by atoms with Crippen LogP contribution in [0.25, 0.3) is 11.3 Å². The van der Waals surface area contributed by atoms with Crippen LogP contribution in [0.15, 0.2) is 18.2 Å². The quantitative estimate of drug-likeness (QED) is 0.913. The van der Waals surface area contributed by atoms with Gasteiger partial charge in [-0.2, -0.15) is 0 Å². The van der Waals surface area contributed by atoms with E-state index in [0.29, 0.717) is 0 Å². The van der Waals surface area contributed by atoms with Gasteiger partial charge >= 0.3 is 0 Å². The van der Waals surface area contributed by atoms with E-state index in [0.717, 1.165) is 29.3 Å². The Labute approximate surface area is 130 Å². The number of ether oxygens (including phenoxy) is 1. The first-order valence-electron chi connectivity index (χ1n) is 7.32. The van der Waals surface area contributed by atoms with E-state index in [2.05, 4.69) is 32.9 Å². The number of fused-ring (bicyclic) bond motifs is 3. The van der Waals surface area contributed by atoms with E-state index in [9.17, 15) is 0 Å². The van der Waals surface area contributed by atoms with Gasteiger partial charge in [0, 0.05) is 10.4 Å². The Bertz CT molecular complexity index is 670. The number of methoxy groups -OCH3 is 1. The Morgan fingerprint density at radius 2 is 2.05 bits per heavy atom. The van der Waals surface area contributed by atoms with E-state index in [4.69, 9.17) is 15.5 Å². The zero-order valence-electron chi connectivity index (χ0n) is 13.1. The van der Waals surface area contributed by atoms with Crippen LogP contribution < -0.4 is 10.5 Å². The molecule has 2 aromatic rings. The summed E-state index contributed by atoms with van der Waals surface area (Å²) in [7, 11) is 1.71. The lowest BCUT2D eigenvalue weighted by molar-refractivity contribution is 0.326. The van der Waals surface area contributed by atoms with Crippen LogP contribution in [0.1, 0.15) is 42.3 Å². The summed E-state index contributed by atoms with van der Waals surface area (Å²) in [6.45, 7) is 6.49. The van der Waals surface area contributed by atoms with Gasteiger partial charge in [-0.3, -0.25) is 0 Å². The molecular weight excluding hydrogens is 280 g/mol. The lowest BCUT2D eigenvalue weighted by Crippen LogP contribution is -2.26. The molecule has 4 heteroatoms. The minimum Gasteiger partial charge on any atom is -0.497 e. The molecule has 0 saturated heterocycles. The maximum atomic E-state index is 6.38. The summed E-state index contributed by atoms with van der Waals surface area (Å²) in [6.07, 6.45) is 2.09. The Morgan fingerprint density at radius 1 is 1.29 bits per heavy atom. The summed E-state index contributed by atoms with van der Waals surface area (Å²) < 4.78 is 5.32. The van der Waals surface area contributed by atoms with Gasteiger partial charge < -0.3 is 10.5 Å². The number of aromatic nitrogens is 1. The van der Waals surface area contributed by atoms with Crippen molar-refractivity contribution in [3.05, 3.63) is 33.6 Å². The molecule has 0 radical (unpaired) electrons. The Kier molecular flexibility index (Phi) is 3.54. The van der Waals surface area contributed by atoms with Crippen LogP contribution in [0, 0.1) is 5.41 Å².